The van der Waals surface area contributed by atoms with E-state index in [-0.39, 0.29) is 23.9 Å². The number of anilines is 1. The van der Waals surface area contributed by atoms with Crippen LogP contribution >= 0.6 is 0 Å². The molecule has 0 spiro atoms. The number of methoxy groups -OCH3 is 1. The number of nitrogens with zero attached hydrogens (tertiary/aromatic N) is 4. The smallest absolute Gasteiger partial charge is 0.255 e. The van der Waals surface area contributed by atoms with E-state index in [1.54, 1.807) is 0 Å². The highest BCUT2D eigenvalue weighted by Crippen LogP contribution is 2.28. The molecular weight excluding hydrogens is 351 g/mol. The molecule has 2 aromatic rings. The van der Waals surface area contributed by atoms with E-state index in [4.69, 9.17) is 9.47 Å². The molecule has 8 heteroatoms. The fraction of sp³-hybridized carbons (Fsp3) is 0.421. The number of ether oxygens (including phenoxy) is 2. The molecule has 0 radical (unpaired) electrons. The van der Waals surface area contributed by atoms with Crippen molar-refractivity contribution >= 4 is 11.9 Å². The van der Waals surface area contributed by atoms with Crippen molar-refractivity contribution in [2.75, 3.05) is 31.7 Å². The third-order valence-electron chi connectivity index (χ3n) is 4.98. The first-order valence-electron chi connectivity index (χ1n) is 8.92. The quantitative estimate of drug-likeness (QED) is 0.813. The zero-order valence-corrected chi connectivity index (χ0v) is 15.0. The lowest BCUT2D eigenvalue weighted by Gasteiger charge is -2.29. The molecule has 3 heterocycles. The van der Waals surface area contributed by atoms with E-state index in [1.165, 1.54) is 7.11 Å². The maximum absolute atomic E-state index is 13.6. The van der Waals surface area contributed by atoms with Crippen molar-refractivity contribution in [2.45, 2.75) is 25.1 Å². The second-order valence-electron chi connectivity index (χ2n) is 6.67. The molecular formula is C19H21FN4O3. The summed E-state index contributed by atoms with van der Waals surface area (Å²) in [6.45, 7) is 1.99. The number of carbonyl (C=O) groups excluding carboxylic acids is 1. The van der Waals surface area contributed by atoms with Gasteiger partial charge in [-0.25, -0.2) is 4.98 Å². The molecule has 2 atom stereocenters. The number of halogens is 1. The van der Waals surface area contributed by atoms with Crippen LogP contribution in [0, 0.1) is 5.82 Å². The van der Waals surface area contributed by atoms with Crippen molar-refractivity contribution in [1.29, 1.82) is 0 Å². The highest BCUT2D eigenvalue weighted by Gasteiger charge is 2.42. The van der Waals surface area contributed by atoms with Crippen LogP contribution in [-0.4, -0.2) is 59.7 Å². The van der Waals surface area contributed by atoms with Gasteiger partial charge < -0.3 is 19.3 Å². The SMILES string of the molecule is COc1nc(N2C[C@@H]3OCCC(=O)N(Cc4ccccc4)[C@H]3C2)ncc1F. The van der Waals surface area contributed by atoms with Gasteiger partial charge in [0.05, 0.1) is 38.5 Å². The third kappa shape index (κ3) is 3.57. The summed E-state index contributed by atoms with van der Waals surface area (Å²) in [6.07, 6.45) is 1.34. The number of rotatable bonds is 4. The predicted octanol–water partition coefficient (Wildman–Crippen LogP) is 1.63. The minimum absolute atomic E-state index is 0.0748. The Hall–Kier alpha value is -2.74. The summed E-state index contributed by atoms with van der Waals surface area (Å²) < 4.78 is 24.5. The second kappa shape index (κ2) is 7.48. The van der Waals surface area contributed by atoms with E-state index in [9.17, 15) is 9.18 Å². The van der Waals surface area contributed by atoms with Crippen molar-refractivity contribution < 1.29 is 18.7 Å². The normalized spacial score (nSPS) is 22.5. The standard InChI is InChI=1S/C19H21FN4O3/c1-26-18-14(20)9-21-19(22-18)23-11-15-16(12-23)27-8-7-17(25)24(15)10-13-5-3-2-4-6-13/h2-6,9,15-16H,7-8,10-12H2,1H3/t15-,16-/m0/s1. The molecule has 0 unspecified atom stereocenters. The molecule has 1 aromatic carbocycles. The molecule has 4 rings (SSSR count). The Morgan fingerprint density at radius 1 is 1.30 bits per heavy atom. The maximum Gasteiger partial charge on any atom is 0.255 e. The molecule has 27 heavy (non-hydrogen) atoms. The summed E-state index contributed by atoms with van der Waals surface area (Å²) in [7, 11) is 1.37. The number of fused-ring (bicyclic) bond motifs is 1. The molecule has 2 fully saturated rings. The number of hydrogen-bond acceptors (Lipinski definition) is 6. The number of carbonyl (C=O) groups is 1. The van der Waals surface area contributed by atoms with Crippen molar-refractivity contribution in [2.24, 2.45) is 0 Å². The van der Waals surface area contributed by atoms with Gasteiger partial charge in [0.2, 0.25) is 17.7 Å². The van der Waals surface area contributed by atoms with Gasteiger partial charge in [0.1, 0.15) is 0 Å². The van der Waals surface area contributed by atoms with Gasteiger partial charge in [0.15, 0.2) is 0 Å². The van der Waals surface area contributed by atoms with Crippen molar-refractivity contribution in [3.63, 3.8) is 0 Å². The first kappa shape index (κ1) is 17.7. The Morgan fingerprint density at radius 3 is 2.89 bits per heavy atom. The van der Waals surface area contributed by atoms with E-state index in [2.05, 4.69) is 9.97 Å². The summed E-state index contributed by atoms with van der Waals surface area (Å²) in [4.78, 5) is 24.7. The van der Waals surface area contributed by atoms with Crippen LogP contribution in [0.3, 0.4) is 0 Å². The Morgan fingerprint density at radius 2 is 2.11 bits per heavy atom. The minimum atomic E-state index is -0.605. The summed E-state index contributed by atoms with van der Waals surface area (Å²) in [5, 5.41) is 0. The lowest BCUT2D eigenvalue weighted by atomic mass is 10.1. The number of benzene rings is 1. The predicted molar refractivity (Wildman–Crippen MR) is 95.9 cm³/mol. The zero-order chi connectivity index (χ0) is 18.8. The molecule has 2 aliphatic rings. The van der Waals surface area contributed by atoms with E-state index >= 15 is 0 Å². The number of hydrogen-bond donors (Lipinski definition) is 0. The fourth-order valence-corrected chi connectivity index (χ4v) is 3.63. The maximum atomic E-state index is 13.6. The van der Waals surface area contributed by atoms with E-state index in [1.807, 2.05) is 40.1 Å². The van der Waals surface area contributed by atoms with Gasteiger partial charge in [-0.3, -0.25) is 4.79 Å². The van der Waals surface area contributed by atoms with Crippen molar-refractivity contribution in [1.82, 2.24) is 14.9 Å². The molecule has 0 bridgehead atoms. The lowest BCUT2D eigenvalue weighted by molar-refractivity contribution is -0.133. The van der Waals surface area contributed by atoms with Crippen LogP contribution in [0.2, 0.25) is 0 Å². The van der Waals surface area contributed by atoms with E-state index in [0.717, 1.165) is 11.8 Å². The summed E-state index contributed by atoms with van der Waals surface area (Å²) in [5.74, 6) is -0.250. The van der Waals surface area contributed by atoms with Crippen LogP contribution in [0.15, 0.2) is 36.5 Å². The fourth-order valence-electron chi connectivity index (χ4n) is 3.63. The van der Waals surface area contributed by atoms with Crippen molar-refractivity contribution in [3.8, 4) is 5.88 Å². The number of amides is 1. The number of aromatic nitrogens is 2. The molecule has 2 saturated heterocycles. The van der Waals surface area contributed by atoms with Crippen LogP contribution in [0.25, 0.3) is 0 Å². The van der Waals surface area contributed by atoms with E-state index in [0.29, 0.717) is 38.6 Å². The Labute approximate surface area is 156 Å². The Kier molecular flexibility index (Phi) is 4.89. The van der Waals surface area contributed by atoms with Crippen LogP contribution < -0.4 is 9.64 Å². The van der Waals surface area contributed by atoms with Gasteiger partial charge in [-0.2, -0.15) is 9.37 Å². The molecule has 1 amide bonds. The molecule has 142 valence electrons. The van der Waals surface area contributed by atoms with Crippen molar-refractivity contribution in [3.05, 3.63) is 47.9 Å². The molecule has 0 saturated carbocycles. The topological polar surface area (TPSA) is 67.8 Å². The first-order valence-corrected chi connectivity index (χ1v) is 8.92. The molecule has 7 nitrogen and oxygen atoms in total. The summed E-state index contributed by atoms with van der Waals surface area (Å²) in [6, 6.07) is 9.79. The van der Waals surface area contributed by atoms with Gasteiger partial charge in [0.25, 0.3) is 5.88 Å². The highest BCUT2D eigenvalue weighted by molar-refractivity contribution is 5.77. The zero-order valence-electron chi connectivity index (χ0n) is 15.0. The molecule has 2 aliphatic heterocycles. The largest absolute Gasteiger partial charge is 0.479 e. The average Bonchev–Trinajstić information content (AvgIpc) is 3.05. The van der Waals surface area contributed by atoms with E-state index < -0.39 is 5.82 Å². The molecule has 1 aromatic heterocycles. The average molecular weight is 372 g/mol. The molecule has 0 N–H and O–H groups in total. The van der Waals surface area contributed by atoms with Crippen LogP contribution in [0.5, 0.6) is 5.88 Å². The van der Waals surface area contributed by atoms with Gasteiger partial charge in [-0.1, -0.05) is 30.3 Å². The first-order chi connectivity index (χ1) is 13.2. The summed E-state index contributed by atoms with van der Waals surface area (Å²) in [5.41, 5.74) is 1.07. The van der Waals surface area contributed by atoms with Crippen LogP contribution in [0.1, 0.15) is 12.0 Å². The Balaban J connectivity index is 1.57. The van der Waals surface area contributed by atoms with Crippen LogP contribution in [-0.2, 0) is 16.1 Å². The van der Waals surface area contributed by atoms with Gasteiger partial charge in [-0.15, -0.1) is 0 Å². The van der Waals surface area contributed by atoms with Gasteiger partial charge in [-0.05, 0) is 5.56 Å². The monoisotopic (exact) mass is 372 g/mol. The lowest BCUT2D eigenvalue weighted by Crippen LogP contribution is -2.45. The van der Waals surface area contributed by atoms with Gasteiger partial charge >= 0.3 is 0 Å². The van der Waals surface area contributed by atoms with Gasteiger partial charge in [0, 0.05) is 19.6 Å². The minimum Gasteiger partial charge on any atom is -0.479 e. The third-order valence-corrected chi connectivity index (χ3v) is 4.98. The second-order valence-corrected chi connectivity index (χ2v) is 6.67. The highest BCUT2D eigenvalue weighted by atomic mass is 19.1. The Bertz CT molecular complexity index is 820. The summed E-state index contributed by atoms with van der Waals surface area (Å²) >= 11 is 0. The van der Waals surface area contributed by atoms with Crippen LogP contribution in [0.4, 0.5) is 10.3 Å². The molecule has 0 aliphatic carbocycles.